The van der Waals surface area contributed by atoms with E-state index in [-0.39, 0.29) is 21.7 Å². The van der Waals surface area contributed by atoms with Gasteiger partial charge in [-0.2, -0.15) is 31.8 Å². The summed E-state index contributed by atoms with van der Waals surface area (Å²) >= 11 is 0. The normalized spacial score (nSPS) is 12.6. The van der Waals surface area contributed by atoms with E-state index >= 15 is 0 Å². The Labute approximate surface area is 249 Å². The number of hydrogen-bond acceptors (Lipinski definition) is 17. The van der Waals surface area contributed by atoms with Crippen molar-refractivity contribution in [2.45, 2.75) is 16.7 Å². The Morgan fingerprint density at radius 1 is 0.581 bits per heavy atom. The number of hydrogen-bond donors (Lipinski definition) is 2. The minimum absolute atomic E-state index is 0.0661. The van der Waals surface area contributed by atoms with Crippen LogP contribution in [0.2, 0.25) is 0 Å². The minimum Gasteiger partial charge on any atom is -0.324 e. The Balaban J connectivity index is 1.64. The summed E-state index contributed by atoms with van der Waals surface area (Å²) in [7, 11) is -14.4. The Morgan fingerprint density at radius 2 is 0.930 bits per heavy atom. The summed E-state index contributed by atoms with van der Waals surface area (Å²) in [6.07, 6.45) is 0. The van der Waals surface area contributed by atoms with E-state index in [9.17, 15) is 33.7 Å². The molecule has 0 aliphatic heterocycles. The van der Waals surface area contributed by atoms with Gasteiger partial charge in [0.15, 0.2) is 19.7 Å². The van der Waals surface area contributed by atoms with Crippen molar-refractivity contribution >= 4 is 63.7 Å². The van der Waals surface area contributed by atoms with Crippen LogP contribution in [0.25, 0.3) is 0 Å². The molecule has 0 radical (unpaired) electrons. The van der Waals surface area contributed by atoms with E-state index in [2.05, 4.69) is 42.3 Å². The van der Waals surface area contributed by atoms with Crippen molar-refractivity contribution in [1.29, 1.82) is 0 Å². The summed E-state index contributed by atoms with van der Waals surface area (Å²) in [5.41, 5.74) is 0.871. The highest BCUT2D eigenvalue weighted by atomic mass is 32.3. The largest absolute Gasteiger partial charge is 0.399 e. The molecule has 0 fully saturated rings. The monoisotopic (exact) mass is 681 g/mol. The first-order valence-electron chi connectivity index (χ1n) is 11.9. The third-order valence-corrected chi connectivity index (χ3v) is 10.4. The Kier molecular flexibility index (Phi) is 11.1. The summed E-state index contributed by atoms with van der Waals surface area (Å²) in [5.74, 6) is -0.618. The topological polar surface area (TPSA) is 236 Å². The van der Waals surface area contributed by atoms with E-state index in [1.807, 2.05) is 0 Å². The zero-order valence-electron chi connectivity index (χ0n) is 22.8. The van der Waals surface area contributed by atoms with Gasteiger partial charge in [0.2, 0.25) is 11.9 Å². The maximum atomic E-state index is 12.5. The van der Waals surface area contributed by atoms with Crippen LogP contribution in [0.3, 0.4) is 0 Å². The molecule has 0 saturated carbocycles. The molecule has 0 amide bonds. The maximum absolute atomic E-state index is 12.5. The number of nitrogens with one attached hydrogen (secondary N) is 2. The summed E-state index contributed by atoms with van der Waals surface area (Å²) in [6, 6.07) is 11.1. The van der Waals surface area contributed by atoms with Crippen LogP contribution in [-0.2, 0) is 57.2 Å². The molecule has 3 rings (SSSR count). The van der Waals surface area contributed by atoms with Crippen molar-refractivity contribution in [2.24, 2.45) is 0 Å². The number of rotatable bonds is 16. The average molecular weight is 682 g/mol. The molecule has 0 unspecified atom stereocenters. The van der Waals surface area contributed by atoms with Crippen LogP contribution in [0.4, 0.5) is 23.3 Å². The molecule has 21 heteroatoms. The van der Waals surface area contributed by atoms with Gasteiger partial charge in [-0.1, -0.05) is 0 Å². The molecule has 1 heterocycles. The second kappa shape index (κ2) is 14.0. The van der Waals surface area contributed by atoms with E-state index < -0.39 is 65.2 Å². The predicted molar refractivity (Wildman–Crippen MR) is 152 cm³/mol. The van der Waals surface area contributed by atoms with Crippen LogP contribution in [-0.4, -0.2) is 87.6 Å². The van der Waals surface area contributed by atoms with Crippen LogP contribution in [0.5, 0.6) is 0 Å². The van der Waals surface area contributed by atoms with Gasteiger partial charge in [0.1, 0.15) is 5.82 Å². The number of aromatic nitrogens is 3. The lowest BCUT2D eigenvalue weighted by Gasteiger charge is -2.10. The summed E-state index contributed by atoms with van der Waals surface area (Å²) < 4.78 is 112. The van der Waals surface area contributed by atoms with Gasteiger partial charge in [0.25, 0.3) is 0 Å². The van der Waals surface area contributed by atoms with Gasteiger partial charge in [-0.05, 0) is 55.5 Å². The third kappa shape index (κ3) is 10.4. The van der Waals surface area contributed by atoms with E-state index in [1.165, 1.54) is 48.5 Å². The Hall–Kier alpha value is -3.31. The fourth-order valence-corrected chi connectivity index (χ4v) is 6.32. The molecule has 1 aromatic heterocycles. The van der Waals surface area contributed by atoms with Crippen molar-refractivity contribution in [2.75, 3.05) is 49.6 Å². The first-order chi connectivity index (χ1) is 20.0. The zero-order valence-corrected chi connectivity index (χ0v) is 26.1. The van der Waals surface area contributed by atoms with Gasteiger partial charge in [-0.3, -0.25) is 8.37 Å². The molecule has 17 nitrogen and oxygen atoms in total. The number of benzene rings is 2. The van der Waals surface area contributed by atoms with Gasteiger partial charge in [0, 0.05) is 11.4 Å². The van der Waals surface area contributed by atoms with Gasteiger partial charge in [-0.25, -0.2) is 25.2 Å². The van der Waals surface area contributed by atoms with Gasteiger partial charge < -0.3 is 10.6 Å². The van der Waals surface area contributed by atoms with E-state index in [4.69, 9.17) is 0 Å². The quantitative estimate of drug-likeness (QED) is 0.215. The van der Waals surface area contributed by atoms with Crippen LogP contribution in [0.1, 0.15) is 5.82 Å². The highest BCUT2D eigenvalue weighted by Crippen LogP contribution is 2.21. The molecule has 0 spiro atoms. The lowest BCUT2D eigenvalue weighted by molar-refractivity contribution is 0.254. The summed E-state index contributed by atoms with van der Waals surface area (Å²) in [5, 5.41) is 5.85. The van der Waals surface area contributed by atoms with Crippen molar-refractivity contribution in [3.8, 4) is 0 Å². The van der Waals surface area contributed by atoms with Crippen molar-refractivity contribution < 1.29 is 50.4 Å². The molecule has 0 saturated heterocycles. The highest BCUT2D eigenvalue weighted by molar-refractivity contribution is 7.91. The van der Waals surface area contributed by atoms with Crippen molar-refractivity contribution in [3.63, 3.8) is 0 Å². The fraction of sp³-hybridized carbons (Fsp3) is 0.318. The van der Waals surface area contributed by atoms with Crippen LogP contribution in [0, 0.1) is 6.92 Å². The van der Waals surface area contributed by atoms with Crippen LogP contribution in [0.15, 0.2) is 58.3 Å². The first kappa shape index (κ1) is 34.2. The summed E-state index contributed by atoms with van der Waals surface area (Å²) in [4.78, 5) is 12.5. The fourth-order valence-electron chi connectivity index (χ4n) is 3.17. The molecule has 2 N–H and O–H groups in total. The second-order valence-corrected chi connectivity index (χ2v) is 15.2. The maximum Gasteiger partial charge on any atom is 0.399 e. The van der Waals surface area contributed by atoms with E-state index in [0.29, 0.717) is 17.2 Å². The molecule has 0 atom stereocenters. The second-order valence-electron chi connectivity index (χ2n) is 8.26. The van der Waals surface area contributed by atoms with Crippen LogP contribution >= 0.6 is 0 Å². The molecule has 0 aliphatic rings. The Morgan fingerprint density at radius 3 is 1.26 bits per heavy atom. The lowest BCUT2D eigenvalue weighted by atomic mass is 10.3. The molecule has 3 aromatic rings. The molecule has 43 heavy (non-hydrogen) atoms. The van der Waals surface area contributed by atoms with Crippen LogP contribution < -0.4 is 10.6 Å². The molecular weight excluding hydrogens is 655 g/mol. The molecule has 0 aliphatic carbocycles. The predicted octanol–water partition coefficient (Wildman–Crippen LogP) is 1.03. The van der Waals surface area contributed by atoms with Crippen molar-refractivity contribution in [3.05, 3.63) is 54.4 Å². The first-order valence-corrected chi connectivity index (χ1v) is 17.8. The molecule has 2 aromatic carbocycles. The lowest BCUT2D eigenvalue weighted by Crippen LogP contribution is -2.16. The molecule has 236 valence electrons. The summed E-state index contributed by atoms with van der Waals surface area (Å²) in [6.45, 7) is 0.377. The standard InChI is InChI=1S/C22H27N5O12S4/c1-16-23-21(25-17-4-8-19(9-5-17)40(28,29)14-12-38-42(32,33)36-2)27-22(24-16)26-18-6-10-20(11-7-18)41(30,31)15-13-39-43(34,35)37-3/h4-11H,12-15H2,1-3H3,(H2,23,24,25,26,27). The third-order valence-electron chi connectivity index (χ3n) is 5.25. The van der Waals surface area contributed by atoms with Gasteiger partial charge in [0.05, 0.1) is 48.7 Å². The Bertz CT molecular complexity index is 1720. The molecular formula is C22H27N5O12S4. The average Bonchev–Trinajstić information content (AvgIpc) is 2.93. The number of anilines is 4. The highest BCUT2D eigenvalue weighted by Gasteiger charge is 2.19. The van der Waals surface area contributed by atoms with E-state index in [1.54, 1.807) is 6.92 Å². The minimum atomic E-state index is -4.26. The van der Waals surface area contributed by atoms with Gasteiger partial charge in [-0.15, -0.1) is 0 Å². The van der Waals surface area contributed by atoms with Crippen molar-refractivity contribution in [1.82, 2.24) is 15.0 Å². The number of aryl methyl sites for hydroxylation is 1. The molecule has 0 bridgehead atoms. The van der Waals surface area contributed by atoms with Gasteiger partial charge >= 0.3 is 20.8 Å². The SMILES string of the molecule is COS(=O)(=O)OCCS(=O)(=O)c1ccc(Nc2nc(C)nc(Nc3ccc(S(=O)(=O)CCOS(=O)(=O)OC)cc3)n2)cc1. The number of nitrogens with zero attached hydrogens (tertiary/aromatic N) is 3. The van der Waals surface area contributed by atoms with E-state index in [0.717, 1.165) is 14.2 Å². The zero-order chi connectivity index (χ0) is 31.9. The smallest absolute Gasteiger partial charge is 0.324 e. The number of sulfone groups is 2.